The minimum absolute atomic E-state index is 0.0587. The van der Waals surface area contributed by atoms with Crippen LogP contribution in [0.4, 0.5) is 5.69 Å². The van der Waals surface area contributed by atoms with Crippen LogP contribution in [0.25, 0.3) is 11.1 Å². The number of amides is 1. The van der Waals surface area contributed by atoms with Gasteiger partial charge < -0.3 is 36.0 Å². The molecule has 2 atom stereocenters. The normalized spacial score (nSPS) is 23.6. The number of carbonyl (C=O) groups is 3. The lowest BCUT2D eigenvalue weighted by Gasteiger charge is -2.32. The van der Waals surface area contributed by atoms with E-state index in [4.69, 9.17) is 5.73 Å². The van der Waals surface area contributed by atoms with Crippen LogP contribution in [-0.2, 0) is 22.6 Å². The highest BCUT2D eigenvalue weighted by molar-refractivity contribution is 6.21. The number of ketones is 2. The number of anilines is 1. The van der Waals surface area contributed by atoms with E-state index >= 15 is 0 Å². The lowest BCUT2D eigenvalue weighted by molar-refractivity contribution is -0.126. The number of piperazine rings is 1. The van der Waals surface area contributed by atoms with E-state index in [1.807, 2.05) is 49.3 Å². The van der Waals surface area contributed by atoms with Crippen molar-refractivity contribution in [2.75, 3.05) is 66.3 Å². The van der Waals surface area contributed by atoms with Gasteiger partial charge in [-0.1, -0.05) is 24.6 Å². The first-order valence-electron chi connectivity index (χ1n) is 15.8. The van der Waals surface area contributed by atoms with Gasteiger partial charge >= 0.3 is 0 Å². The number of aromatic hydroxyl groups is 1. The number of nitrogens with two attached hydrogens (primary N) is 1. The van der Waals surface area contributed by atoms with Crippen molar-refractivity contribution in [3.63, 3.8) is 0 Å². The molecule has 1 heterocycles. The Morgan fingerprint density at radius 3 is 2.30 bits per heavy atom. The molecule has 2 aliphatic rings. The van der Waals surface area contributed by atoms with Gasteiger partial charge in [0.2, 0.25) is 5.78 Å². The molecule has 0 aromatic heterocycles. The largest absolute Gasteiger partial charge is 0.510 e. The monoisotopic (exact) mass is 649 g/mol. The fourth-order valence-corrected chi connectivity index (χ4v) is 6.31. The molecule has 1 saturated heterocycles. The fraction of sp³-hybridized carbons (Fsp3) is 0.457. The zero-order chi connectivity index (χ0) is 34.6. The van der Waals surface area contributed by atoms with E-state index in [0.29, 0.717) is 54.1 Å². The molecule has 12 nitrogen and oxygen atoms in total. The van der Waals surface area contributed by atoms with Crippen molar-refractivity contribution in [3.05, 3.63) is 70.2 Å². The van der Waals surface area contributed by atoms with Crippen molar-refractivity contribution in [2.24, 2.45) is 5.73 Å². The quantitative estimate of drug-likeness (QED) is 0.291. The van der Waals surface area contributed by atoms with Crippen LogP contribution in [0.1, 0.15) is 40.7 Å². The highest BCUT2D eigenvalue weighted by Gasteiger charge is 2.34. The average molecular weight is 650 g/mol. The Hall–Kier alpha value is -4.23. The van der Waals surface area contributed by atoms with Gasteiger partial charge in [0.05, 0.1) is 11.6 Å². The van der Waals surface area contributed by atoms with Gasteiger partial charge in [-0.3, -0.25) is 24.2 Å². The molecule has 0 bridgehead atoms. The molecule has 12 heteroatoms. The first-order valence-corrected chi connectivity index (χ1v) is 15.8. The molecule has 2 aromatic rings. The number of hydrogen-bond donors (Lipinski definition) is 5. The third-order valence-electron chi connectivity index (χ3n) is 9.00. The van der Waals surface area contributed by atoms with Gasteiger partial charge in [0.25, 0.3) is 5.91 Å². The van der Waals surface area contributed by atoms with Crippen LogP contribution in [0.2, 0.25) is 0 Å². The Morgan fingerprint density at radius 2 is 1.68 bits per heavy atom. The Morgan fingerprint density at radius 1 is 1.00 bits per heavy atom. The van der Waals surface area contributed by atoms with Crippen LogP contribution in [0.15, 0.2) is 53.5 Å². The summed E-state index contributed by atoms with van der Waals surface area (Å²) in [6, 6.07) is 8.86. The Bertz CT molecular complexity index is 1570. The number of phenols is 1. The predicted octanol–water partition coefficient (Wildman–Crippen LogP) is 2.38. The highest BCUT2D eigenvalue weighted by Crippen LogP contribution is 2.41. The molecule has 254 valence electrons. The van der Waals surface area contributed by atoms with Crippen LogP contribution < -0.4 is 10.6 Å². The molecule has 1 fully saturated rings. The third-order valence-corrected chi connectivity index (χ3v) is 9.00. The summed E-state index contributed by atoms with van der Waals surface area (Å²) < 4.78 is 0. The van der Waals surface area contributed by atoms with Crippen molar-refractivity contribution < 1.29 is 34.8 Å². The topological polar surface area (TPSA) is 171 Å². The molecule has 2 aromatic carbocycles. The zero-order valence-electron chi connectivity index (χ0n) is 27.9. The van der Waals surface area contributed by atoms with Crippen molar-refractivity contribution in [1.82, 2.24) is 14.7 Å². The summed E-state index contributed by atoms with van der Waals surface area (Å²) in [5.41, 5.74) is 7.93. The summed E-state index contributed by atoms with van der Waals surface area (Å²) in [4.78, 5) is 47.5. The van der Waals surface area contributed by atoms with Gasteiger partial charge in [-0.25, -0.2) is 0 Å². The second-order valence-corrected chi connectivity index (χ2v) is 12.9. The Labute approximate surface area is 276 Å². The number of likely N-dealkylation sites (N-methyl/N-ethyl adjacent to an activating group) is 2. The van der Waals surface area contributed by atoms with Crippen molar-refractivity contribution in [1.29, 1.82) is 0 Å². The van der Waals surface area contributed by atoms with E-state index in [-0.39, 0.29) is 11.3 Å². The molecule has 1 aliphatic heterocycles. The number of phenolic OH excluding ortho intramolecular Hbond substituents is 1. The molecule has 0 saturated carbocycles. The van der Waals surface area contributed by atoms with Crippen LogP contribution in [-0.4, -0.2) is 126 Å². The maximum atomic E-state index is 13.9. The molecular formula is C35H47N5O7. The lowest BCUT2D eigenvalue weighted by atomic mass is 9.88. The number of primary amides is 1. The summed E-state index contributed by atoms with van der Waals surface area (Å²) in [7, 11) is 9.11. The van der Waals surface area contributed by atoms with Crippen molar-refractivity contribution >= 4 is 23.2 Å². The number of benzene rings is 2. The molecular weight excluding hydrogens is 602 g/mol. The lowest BCUT2D eigenvalue weighted by Crippen LogP contribution is -2.43. The van der Waals surface area contributed by atoms with Crippen molar-refractivity contribution in [3.8, 4) is 16.9 Å². The summed E-state index contributed by atoms with van der Waals surface area (Å²) >= 11 is 0. The molecule has 1 aliphatic carbocycles. The number of carbonyl (C=O) groups excluding carboxylic acids is 3. The smallest absolute Gasteiger partial charge is 0.255 e. The van der Waals surface area contributed by atoms with Crippen LogP contribution in [0.3, 0.4) is 0 Å². The van der Waals surface area contributed by atoms with Gasteiger partial charge in [-0.2, -0.15) is 0 Å². The average Bonchev–Trinajstić information content (AvgIpc) is 3.00. The number of fused-ring (bicyclic) bond motifs is 1. The van der Waals surface area contributed by atoms with Gasteiger partial charge in [-0.05, 0) is 69.2 Å². The van der Waals surface area contributed by atoms with Crippen LogP contribution in [0.5, 0.6) is 5.75 Å². The van der Waals surface area contributed by atoms with Gasteiger partial charge in [-0.15, -0.1) is 0 Å². The molecule has 4 rings (SSSR count). The molecule has 1 amide bonds. The van der Waals surface area contributed by atoms with E-state index in [0.717, 1.165) is 38.3 Å². The van der Waals surface area contributed by atoms with E-state index in [1.54, 1.807) is 19.0 Å². The first kappa shape index (κ1) is 35.6. The van der Waals surface area contributed by atoms with Gasteiger partial charge in [0.15, 0.2) is 11.9 Å². The molecule has 0 radical (unpaired) electrons. The number of aliphatic hydroxyl groups is 3. The number of hydrogen-bond acceptors (Lipinski definition) is 11. The SMILES string of the molecule is CN1CCN(Cc2cccc(-c3cc(N(C)C)c4c(c3O)C(=O)/C=C(\O)[C@H](O)C(=O)/C(C(N)=O)=C(/O)[C@@H](N(C)C)CCCC4)c2)CC1. The summed E-state index contributed by atoms with van der Waals surface area (Å²) in [5, 5.41) is 44.3. The number of aliphatic hydroxyl groups excluding tert-OH is 3. The van der Waals surface area contributed by atoms with Gasteiger partial charge in [0.1, 0.15) is 22.8 Å². The first-order chi connectivity index (χ1) is 22.2. The molecule has 0 unspecified atom stereocenters. The predicted molar refractivity (Wildman–Crippen MR) is 181 cm³/mol. The Kier molecular flexibility index (Phi) is 11.5. The number of allylic oxidation sites excluding steroid dienone is 1. The number of nitrogens with zero attached hydrogens (tertiary/aromatic N) is 4. The molecule has 6 N–H and O–H groups in total. The maximum absolute atomic E-state index is 13.9. The van der Waals surface area contributed by atoms with Crippen LogP contribution >= 0.6 is 0 Å². The summed E-state index contributed by atoms with van der Waals surface area (Å²) in [6.45, 7) is 4.59. The third kappa shape index (κ3) is 8.02. The van der Waals surface area contributed by atoms with Gasteiger partial charge in [0, 0.05) is 64.1 Å². The van der Waals surface area contributed by atoms with Crippen molar-refractivity contribution in [2.45, 2.75) is 44.4 Å². The summed E-state index contributed by atoms with van der Waals surface area (Å²) in [5.74, 6) is -5.41. The zero-order valence-corrected chi connectivity index (χ0v) is 27.9. The Balaban J connectivity index is 1.84. The van der Waals surface area contributed by atoms with E-state index in [2.05, 4.69) is 16.8 Å². The summed E-state index contributed by atoms with van der Waals surface area (Å²) in [6.07, 6.45) is 0.00661. The number of rotatable bonds is 6. The fourth-order valence-electron chi connectivity index (χ4n) is 6.31. The van der Waals surface area contributed by atoms with Crippen LogP contribution in [0, 0.1) is 0 Å². The van der Waals surface area contributed by atoms with E-state index in [9.17, 15) is 34.8 Å². The van der Waals surface area contributed by atoms with E-state index in [1.165, 1.54) is 0 Å². The highest BCUT2D eigenvalue weighted by atomic mass is 16.3. The minimum atomic E-state index is -2.36. The molecule has 0 spiro atoms. The standard InChI is InChI=1S/C35H47N5O7/c1-37(2)25-12-7-6-11-23-26(38(3)4)18-24(22-10-8-9-21(17-22)20-40-15-13-39(5)14-16-40)31(43)29(23)27(41)19-28(42)33(45)34(46)30(32(25)44)35(36)47/h8-10,17-19,25,33,42-45H,6-7,11-16,20H2,1-5H3,(H2,36,47)/b28-19-,32-30-/t25-,33-/m0/s1. The number of Topliss-reactive ketones (excluding diaryl/α,β-unsaturated/α-hetero) is 1. The maximum Gasteiger partial charge on any atom is 0.255 e. The second-order valence-electron chi connectivity index (χ2n) is 12.9. The van der Waals surface area contributed by atoms with E-state index < -0.39 is 46.7 Å². The molecule has 47 heavy (non-hydrogen) atoms. The minimum Gasteiger partial charge on any atom is -0.510 e. The second kappa shape index (κ2) is 15.1.